The molecule has 0 unspecified atom stereocenters. The number of nitrogens with one attached hydrogen (secondary N) is 1. The van der Waals surface area contributed by atoms with Gasteiger partial charge in [0, 0.05) is 29.2 Å². The van der Waals surface area contributed by atoms with E-state index < -0.39 is 11.6 Å². The predicted octanol–water partition coefficient (Wildman–Crippen LogP) is 4.79. The van der Waals surface area contributed by atoms with Crippen molar-refractivity contribution < 1.29 is 18.6 Å². The summed E-state index contributed by atoms with van der Waals surface area (Å²) in [6.07, 6.45) is 7.36. The van der Waals surface area contributed by atoms with Gasteiger partial charge in [0.15, 0.2) is 17.4 Å². The Labute approximate surface area is 180 Å². The monoisotopic (exact) mass is 427 g/mol. The SMILES string of the molecule is OC[C@H]1CCCN1Cc1cc2cc(-c3ccc(F)c(OC4CCCC4)c3F)ncc2[nH]1. The second-order valence-corrected chi connectivity index (χ2v) is 8.66. The molecule has 0 amide bonds. The van der Waals surface area contributed by atoms with Gasteiger partial charge in [0.05, 0.1) is 30.1 Å². The number of hydrogen-bond acceptors (Lipinski definition) is 4. The highest BCUT2D eigenvalue weighted by Crippen LogP contribution is 2.34. The van der Waals surface area contributed by atoms with Crippen molar-refractivity contribution in [2.24, 2.45) is 0 Å². The number of H-pyrrole nitrogens is 1. The molecule has 2 fully saturated rings. The summed E-state index contributed by atoms with van der Waals surface area (Å²) in [5.74, 6) is -1.68. The molecule has 5 nitrogen and oxygen atoms in total. The van der Waals surface area contributed by atoms with Crippen LogP contribution in [-0.4, -0.2) is 45.3 Å². The second-order valence-electron chi connectivity index (χ2n) is 8.66. The molecule has 5 rings (SSSR count). The number of aromatic amines is 1. The predicted molar refractivity (Wildman–Crippen MR) is 115 cm³/mol. The Balaban J connectivity index is 1.42. The summed E-state index contributed by atoms with van der Waals surface area (Å²) in [5.41, 5.74) is 2.57. The lowest BCUT2D eigenvalue weighted by Crippen LogP contribution is -2.31. The van der Waals surface area contributed by atoms with Gasteiger partial charge < -0.3 is 14.8 Å². The summed E-state index contributed by atoms with van der Waals surface area (Å²) in [6, 6.07) is 6.72. The molecule has 3 heterocycles. The number of aromatic nitrogens is 2. The van der Waals surface area contributed by atoms with E-state index in [0.29, 0.717) is 5.69 Å². The number of aliphatic hydroxyl groups is 1. The van der Waals surface area contributed by atoms with Gasteiger partial charge >= 0.3 is 0 Å². The van der Waals surface area contributed by atoms with Crippen LogP contribution in [0.4, 0.5) is 8.78 Å². The molecular formula is C24H27F2N3O2. The van der Waals surface area contributed by atoms with Gasteiger partial charge in [-0.1, -0.05) is 0 Å². The van der Waals surface area contributed by atoms with E-state index in [0.717, 1.165) is 68.2 Å². The average Bonchev–Trinajstić information content (AvgIpc) is 3.51. The Morgan fingerprint density at radius 1 is 1.13 bits per heavy atom. The highest BCUT2D eigenvalue weighted by atomic mass is 19.1. The van der Waals surface area contributed by atoms with Gasteiger partial charge in [-0.05, 0) is 69.3 Å². The number of nitrogens with zero attached hydrogens (tertiary/aromatic N) is 2. The van der Waals surface area contributed by atoms with Gasteiger partial charge in [-0.3, -0.25) is 9.88 Å². The number of rotatable bonds is 6. The standard InChI is InChI=1S/C24H27F2N3O2/c25-20-8-7-19(23(26)24(20)31-18-5-1-2-6-18)21-11-15-10-16(28-22(15)12-27-21)13-29-9-3-4-17(29)14-30/h7-8,10-12,17-18,28,30H,1-6,9,13-14H2/t17-/m1/s1. The molecule has 0 bridgehead atoms. The van der Waals surface area contributed by atoms with E-state index >= 15 is 4.39 Å². The Bertz CT molecular complexity index is 1080. The number of ether oxygens (including phenoxy) is 1. The summed E-state index contributed by atoms with van der Waals surface area (Å²) in [5, 5.41) is 10.5. The highest BCUT2D eigenvalue weighted by molar-refractivity contribution is 5.83. The molecule has 1 aliphatic carbocycles. The molecule has 1 aliphatic heterocycles. The van der Waals surface area contributed by atoms with Gasteiger partial charge in [-0.15, -0.1) is 0 Å². The minimum absolute atomic E-state index is 0.129. The number of pyridine rings is 1. The van der Waals surface area contributed by atoms with Crippen molar-refractivity contribution in [2.75, 3.05) is 13.2 Å². The fourth-order valence-electron chi connectivity index (χ4n) is 4.86. The fraction of sp³-hybridized carbons (Fsp3) is 0.458. The van der Waals surface area contributed by atoms with Gasteiger partial charge in [0.1, 0.15) is 0 Å². The van der Waals surface area contributed by atoms with Crippen LogP contribution in [-0.2, 0) is 6.54 Å². The van der Waals surface area contributed by atoms with Crippen LogP contribution in [0.15, 0.2) is 30.5 Å². The maximum absolute atomic E-state index is 15.2. The molecule has 0 radical (unpaired) electrons. The van der Waals surface area contributed by atoms with Crippen LogP contribution in [0.1, 0.15) is 44.2 Å². The maximum atomic E-state index is 15.2. The van der Waals surface area contributed by atoms with Gasteiger partial charge in [0.2, 0.25) is 0 Å². The summed E-state index contributed by atoms with van der Waals surface area (Å²) < 4.78 is 35.2. The molecule has 7 heteroatoms. The van der Waals surface area contributed by atoms with Crippen molar-refractivity contribution in [2.45, 2.75) is 57.2 Å². The van der Waals surface area contributed by atoms with Crippen molar-refractivity contribution in [1.82, 2.24) is 14.9 Å². The van der Waals surface area contributed by atoms with Gasteiger partial charge in [0.25, 0.3) is 0 Å². The molecule has 3 aromatic rings. The Hall–Kier alpha value is -2.51. The minimum Gasteiger partial charge on any atom is -0.484 e. The maximum Gasteiger partial charge on any atom is 0.191 e. The van der Waals surface area contributed by atoms with E-state index in [2.05, 4.69) is 14.9 Å². The quantitative estimate of drug-likeness (QED) is 0.594. The third-order valence-electron chi connectivity index (χ3n) is 6.56. The van der Waals surface area contributed by atoms with E-state index in [4.69, 9.17) is 4.74 Å². The Morgan fingerprint density at radius 3 is 2.77 bits per heavy atom. The molecule has 1 aromatic carbocycles. The van der Waals surface area contributed by atoms with Crippen LogP contribution in [0.25, 0.3) is 22.2 Å². The third kappa shape index (κ3) is 4.04. The fourth-order valence-corrected chi connectivity index (χ4v) is 4.86. The zero-order chi connectivity index (χ0) is 21.4. The zero-order valence-corrected chi connectivity index (χ0v) is 17.4. The number of benzene rings is 1. The summed E-state index contributed by atoms with van der Waals surface area (Å²) in [7, 11) is 0. The molecule has 1 atom stereocenters. The van der Waals surface area contributed by atoms with Crippen LogP contribution in [0.2, 0.25) is 0 Å². The smallest absolute Gasteiger partial charge is 0.191 e. The van der Waals surface area contributed by atoms with Crippen LogP contribution in [0, 0.1) is 11.6 Å². The van der Waals surface area contributed by atoms with Crippen LogP contribution < -0.4 is 4.74 Å². The van der Waals surface area contributed by atoms with Crippen molar-refractivity contribution in [3.63, 3.8) is 0 Å². The van der Waals surface area contributed by atoms with E-state index in [1.165, 1.54) is 12.1 Å². The molecule has 1 saturated heterocycles. The first kappa shape index (κ1) is 20.4. The van der Waals surface area contributed by atoms with Crippen molar-refractivity contribution in [3.05, 3.63) is 47.8 Å². The highest BCUT2D eigenvalue weighted by Gasteiger charge is 2.25. The van der Waals surface area contributed by atoms with Gasteiger partial charge in [-0.25, -0.2) is 8.78 Å². The lowest BCUT2D eigenvalue weighted by molar-refractivity contribution is 0.152. The largest absolute Gasteiger partial charge is 0.484 e. The molecule has 0 spiro atoms. The minimum atomic E-state index is -0.697. The third-order valence-corrected chi connectivity index (χ3v) is 6.56. The zero-order valence-electron chi connectivity index (χ0n) is 17.4. The topological polar surface area (TPSA) is 61.4 Å². The van der Waals surface area contributed by atoms with Crippen LogP contribution in [0.3, 0.4) is 0 Å². The number of aliphatic hydroxyl groups excluding tert-OH is 1. The molecule has 1 saturated carbocycles. The average molecular weight is 427 g/mol. The second kappa shape index (κ2) is 8.55. The molecule has 2 N–H and O–H groups in total. The number of hydrogen-bond donors (Lipinski definition) is 2. The molecular weight excluding hydrogens is 400 g/mol. The van der Waals surface area contributed by atoms with Crippen LogP contribution in [0.5, 0.6) is 5.75 Å². The summed E-state index contributed by atoms with van der Waals surface area (Å²) in [4.78, 5) is 10.0. The first-order valence-corrected chi connectivity index (χ1v) is 11.1. The molecule has 2 aromatic heterocycles. The van der Waals surface area contributed by atoms with E-state index in [9.17, 15) is 9.50 Å². The first-order valence-electron chi connectivity index (χ1n) is 11.1. The Kier molecular flexibility index (Phi) is 5.63. The number of halogens is 2. The summed E-state index contributed by atoms with van der Waals surface area (Å²) >= 11 is 0. The van der Waals surface area contributed by atoms with Crippen molar-refractivity contribution in [1.29, 1.82) is 0 Å². The lowest BCUT2D eigenvalue weighted by Gasteiger charge is -2.21. The first-order chi connectivity index (χ1) is 15.1. The Morgan fingerprint density at radius 2 is 1.97 bits per heavy atom. The molecule has 164 valence electrons. The van der Waals surface area contributed by atoms with Crippen molar-refractivity contribution >= 4 is 10.9 Å². The lowest BCUT2D eigenvalue weighted by atomic mass is 10.1. The van der Waals surface area contributed by atoms with Crippen LogP contribution >= 0.6 is 0 Å². The number of fused-ring (bicyclic) bond motifs is 1. The van der Waals surface area contributed by atoms with Crippen molar-refractivity contribution in [3.8, 4) is 17.0 Å². The van der Waals surface area contributed by atoms with E-state index in [1.807, 2.05) is 12.1 Å². The summed E-state index contributed by atoms with van der Waals surface area (Å²) in [6.45, 7) is 1.86. The normalized spacial score (nSPS) is 20.2. The number of likely N-dealkylation sites (tertiary alicyclic amines) is 1. The molecule has 31 heavy (non-hydrogen) atoms. The molecule has 2 aliphatic rings. The van der Waals surface area contributed by atoms with Gasteiger partial charge in [-0.2, -0.15) is 0 Å². The van der Waals surface area contributed by atoms with E-state index in [-0.39, 0.29) is 30.1 Å². The van der Waals surface area contributed by atoms with E-state index in [1.54, 1.807) is 6.20 Å².